The maximum Gasteiger partial charge on any atom is 0.136 e. The van der Waals surface area contributed by atoms with E-state index in [1.165, 1.54) is 92.6 Å². The first kappa shape index (κ1) is 30.0. The molecule has 0 aliphatic heterocycles. The summed E-state index contributed by atoms with van der Waals surface area (Å²) in [6.45, 7) is 0. The molecule has 0 saturated carbocycles. The van der Waals surface area contributed by atoms with Crippen molar-refractivity contribution in [3.63, 3.8) is 0 Å². The van der Waals surface area contributed by atoms with Crippen LogP contribution in [0.2, 0.25) is 0 Å². The van der Waals surface area contributed by atoms with Crippen LogP contribution in [0.5, 0.6) is 0 Å². The van der Waals surface area contributed by atoms with Crippen molar-refractivity contribution >= 4 is 66.2 Å². The maximum absolute atomic E-state index is 6.38. The molecule has 53 heavy (non-hydrogen) atoms. The van der Waals surface area contributed by atoms with Crippen molar-refractivity contribution in [3.05, 3.63) is 192 Å². The van der Waals surface area contributed by atoms with Crippen LogP contribution < -0.4 is 10.6 Å². The van der Waals surface area contributed by atoms with Crippen molar-refractivity contribution in [2.24, 2.45) is 0 Å². The average Bonchev–Trinajstić information content (AvgIpc) is 3.61. The van der Waals surface area contributed by atoms with E-state index in [1.807, 2.05) is 0 Å². The van der Waals surface area contributed by atoms with Gasteiger partial charge >= 0.3 is 0 Å². The molecule has 1 nitrogen and oxygen atoms in total. The summed E-state index contributed by atoms with van der Waals surface area (Å²) in [5.41, 5.74) is 10.7. The molecule has 0 radical (unpaired) electrons. The molecule has 1 aliphatic rings. The van der Waals surface area contributed by atoms with Gasteiger partial charge in [0.05, 0.1) is 0 Å². The van der Waals surface area contributed by atoms with Gasteiger partial charge in [-0.15, -0.1) is 0 Å². The SMILES string of the molecule is C1=c2oc3ccc4ccccc4c3c2=CC(c2cccc(-c3c4ccccc4c(-c4cccc(-c5ccc6ccccc6c5)c4)c4ccccc34)c2)C1. The normalized spacial score (nSPS) is 14.1. The molecule has 0 N–H and O–H groups in total. The van der Waals surface area contributed by atoms with Gasteiger partial charge in [-0.25, -0.2) is 0 Å². The lowest BCUT2D eigenvalue weighted by Gasteiger charge is -2.19. The van der Waals surface area contributed by atoms with E-state index in [0.717, 1.165) is 17.4 Å². The lowest BCUT2D eigenvalue weighted by atomic mass is 9.84. The Hall–Kier alpha value is -6.70. The Balaban J connectivity index is 1.07. The van der Waals surface area contributed by atoms with Crippen LogP contribution in [0.15, 0.2) is 180 Å². The highest BCUT2D eigenvalue weighted by molar-refractivity contribution is 6.21. The Morgan fingerprint density at radius 3 is 1.72 bits per heavy atom. The van der Waals surface area contributed by atoms with Crippen LogP contribution in [0, 0.1) is 0 Å². The molecule has 0 bridgehead atoms. The summed E-state index contributed by atoms with van der Waals surface area (Å²) in [6, 6.07) is 64.5. The summed E-state index contributed by atoms with van der Waals surface area (Å²) in [6.07, 6.45) is 5.63. The average molecular weight is 675 g/mol. The minimum Gasteiger partial charge on any atom is -0.456 e. The number of furan rings is 1. The predicted octanol–water partition coefficient (Wildman–Crippen LogP) is 12.8. The van der Waals surface area contributed by atoms with Crippen LogP contribution >= 0.6 is 0 Å². The van der Waals surface area contributed by atoms with Crippen molar-refractivity contribution in [2.45, 2.75) is 12.3 Å². The molecule has 0 amide bonds. The largest absolute Gasteiger partial charge is 0.456 e. The highest BCUT2D eigenvalue weighted by Gasteiger charge is 2.20. The Kier molecular flexibility index (Phi) is 6.75. The minimum atomic E-state index is 0.247. The van der Waals surface area contributed by atoms with Gasteiger partial charge in [-0.3, -0.25) is 0 Å². The summed E-state index contributed by atoms with van der Waals surface area (Å²) in [5, 5.41) is 12.5. The fraction of sp³-hybridized carbons (Fsp3) is 0.0385. The maximum atomic E-state index is 6.38. The molecule has 0 saturated heterocycles. The van der Waals surface area contributed by atoms with Crippen LogP contribution in [0.25, 0.3) is 99.6 Å². The van der Waals surface area contributed by atoms with Gasteiger partial charge in [-0.2, -0.15) is 0 Å². The van der Waals surface area contributed by atoms with Gasteiger partial charge in [0.2, 0.25) is 0 Å². The molecule has 1 unspecified atom stereocenters. The third kappa shape index (κ3) is 4.85. The molecule has 11 rings (SSSR count). The van der Waals surface area contributed by atoms with E-state index in [0.29, 0.717) is 0 Å². The van der Waals surface area contributed by atoms with Crippen LogP contribution in [-0.2, 0) is 0 Å². The first-order valence-corrected chi connectivity index (χ1v) is 18.5. The Labute approximate surface area is 307 Å². The van der Waals surface area contributed by atoms with E-state index in [-0.39, 0.29) is 5.92 Å². The molecule has 1 aliphatic carbocycles. The molecule has 1 aromatic heterocycles. The van der Waals surface area contributed by atoms with E-state index in [4.69, 9.17) is 4.42 Å². The topological polar surface area (TPSA) is 13.1 Å². The molecule has 248 valence electrons. The van der Waals surface area contributed by atoms with Crippen molar-refractivity contribution < 1.29 is 4.42 Å². The fourth-order valence-corrected chi connectivity index (χ4v) is 8.86. The lowest BCUT2D eigenvalue weighted by Crippen LogP contribution is -2.25. The van der Waals surface area contributed by atoms with Crippen molar-refractivity contribution in [3.8, 4) is 33.4 Å². The van der Waals surface area contributed by atoms with Gasteiger partial charge in [-0.1, -0.05) is 164 Å². The summed E-state index contributed by atoms with van der Waals surface area (Å²) >= 11 is 0. The second kappa shape index (κ2) is 11.9. The zero-order valence-electron chi connectivity index (χ0n) is 29.1. The Morgan fingerprint density at radius 2 is 0.981 bits per heavy atom. The van der Waals surface area contributed by atoms with Crippen LogP contribution in [0.1, 0.15) is 17.9 Å². The Morgan fingerprint density at radius 1 is 0.415 bits per heavy atom. The van der Waals surface area contributed by atoms with E-state index < -0.39 is 0 Å². The first-order chi connectivity index (χ1) is 26.3. The van der Waals surface area contributed by atoms with Crippen molar-refractivity contribution in [2.75, 3.05) is 0 Å². The number of rotatable bonds is 4. The van der Waals surface area contributed by atoms with Crippen LogP contribution in [-0.4, -0.2) is 0 Å². The second-order valence-corrected chi connectivity index (χ2v) is 14.4. The second-order valence-electron chi connectivity index (χ2n) is 14.4. The highest BCUT2D eigenvalue weighted by atomic mass is 16.3. The molecule has 1 atom stereocenters. The first-order valence-electron chi connectivity index (χ1n) is 18.5. The van der Waals surface area contributed by atoms with Gasteiger partial charge in [0.1, 0.15) is 11.0 Å². The smallest absolute Gasteiger partial charge is 0.136 e. The Bertz CT molecular complexity index is 3160. The summed E-state index contributed by atoms with van der Waals surface area (Å²) < 4.78 is 6.38. The monoisotopic (exact) mass is 674 g/mol. The molecule has 10 aromatic rings. The van der Waals surface area contributed by atoms with Crippen LogP contribution in [0.3, 0.4) is 0 Å². The molecule has 0 spiro atoms. The van der Waals surface area contributed by atoms with Crippen molar-refractivity contribution in [1.82, 2.24) is 0 Å². The number of fused-ring (bicyclic) bond motifs is 8. The fourth-order valence-electron chi connectivity index (χ4n) is 8.86. The number of benzene rings is 9. The quantitative estimate of drug-likeness (QED) is 0.169. The van der Waals surface area contributed by atoms with Crippen LogP contribution in [0.4, 0.5) is 0 Å². The molecule has 0 fully saturated rings. The third-order valence-corrected chi connectivity index (χ3v) is 11.3. The zero-order chi connectivity index (χ0) is 34.9. The van der Waals surface area contributed by atoms with Gasteiger partial charge in [0.15, 0.2) is 0 Å². The van der Waals surface area contributed by atoms with E-state index >= 15 is 0 Å². The standard InChI is InChI=1S/C52H34O/c1-2-13-35-29-38(24-23-33(35)11-1)36-14-9-16-40(30-36)50-43-19-5-7-21-45(43)51(46-22-8-6-20-44(46)50)41-17-10-15-37(31-41)39-26-27-48-47(32-39)52-42-18-4-3-12-34(42)25-28-49(52)53-48/h1-25,27-32,39H,26H2. The highest BCUT2D eigenvalue weighted by Crippen LogP contribution is 2.45. The van der Waals surface area contributed by atoms with Gasteiger partial charge in [0, 0.05) is 16.5 Å². The summed E-state index contributed by atoms with van der Waals surface area (Å²) in [4.78, 5) is 0. The lowest BCUT2D eigenvalue weighted by molar-refractivity contribution is 0.570. The molecule has 1 heterocycles. The summed E-state index contributed by atoms with van der Waals surface area (Å²) in [7, 11) is 0. The zero-order valence-corrected chi connectivity index (χ0v) is 29.1. The summed E-state index contributed by atoms with van der Waals surface area (Å²) in [5.74, 6) is 0.247. The van der Waals surface area contributed by atoms with Gasteiger partial charge in [0.25, 0.3) is 0 Å². The molecule has 1 heteroatoms. The molecular weight excluding hydrogens is 641 g/mol. The third-order valence-electron chi connectivity index (χ3n) is 11.3. The van der Waals surface area contributed by atoms with E-state index in [2.05, 4.69) is 188 Å². The molecule has 9 aromatic carbocycles. The number of hydrogen-bond acceptors (Lipinski definition) is 1. The molecular formula is C52H34O. The van der Waals surface area contributed by atoms with Crippen molar-refractivity contribution in [1.29, 1.82) is 0 Å². The van der Waals surface area contributed by atoms with Gasteiger partial charge < -0.3 is 4.42 Å². The number of hydrogen-bond donors (Lipinski definition) is 0. The minimum absolute atomic E-state index is 0.247. The van der Waals surface area contributed by atoms with E-state index in [9.17, 15) is 0 Å². The predicted molar refractivity (Wildman–Crippen MR) is 225 cm³/mol. The van der Waals surface area contributed by atoms with Gasteiger partial charge in [-0.05, 0) is 113 Å². The van der Waals surface area contributed by atoms with E-state index in [1.54, 1.807) is 0 Å².